The smallest absolute Gasteiger partial charge is 0.224 e. The predicted molar refractivity (Wildman–Crippen MR) is 179 cm³/mol. The molecule has 3 aromatic carbocycles. The first-order chi connectivity index (χ1) is 23.0. The van der Waals surface area contributed by atoms with Crippen molar-refractivity contribution in [2.45, 2.75) is 44.7 Å². The van der Waals surface area contributed by atoms with Gasteiger partial charge in [0.15, 0.2) is 17.3 Å². The van der Waals surface area contributed by atoms with Gasteiger partial charge in [0.1, 0.15) is 24.5 Å². The van der Waals surface area contributed by atoms with Crippen LogP contribution in [0.1, 0.15) is 41.6 Å². The van der Waals surface area contributed by atoms with Crippen LogP contribution < -0.4 is 24.8 Å². The van der Waals surface area contributed by atoms with Crippen LogP contribution in [0.3, 0.4) is 0 Å². The molecule has 2 N–H and O–H groups in total. The summed E-state index contributed by atoms with van der Waals surface area (Å²) in [6.07, 6.45) is 4.47. The molecule has 2 atom stereocenters. The van der Waals surface area contributed by atoms with Gasteiger partial charge in [0.2, 0.25) is 5.91 Å². The predicted octanol–water partition coefficient (Wildman–Crippen LogP) is 5.12. The molecule has 0 radical (unpaired) electrons. The molecular formula is C37H41N5O5. The van der Waals surface area contributed by atoms with Gasteiger partial charge >= 0.3 is 0 Å². The molecule has 0 spiro atoms. The van der Waals surface area contributed by atoms with E-state index in [4.69, 9.17) is 14.2 Å². The van der Waals surface area contributed by atoms with E-state index in [9.17, 15) is 9.59 Å². The minimum absolute atomic E-state index is 0.0962. The Morgan fingerprint density at radius 1 is 0.957 bits per heavy atom. The highest BCUT2D eigenvalue weighted by Crippen LogP contribution is 2.30. The van der Waals surface area contributed by atoms with Crippen LogP contribution in [0.15, 0.2) is 79.1 Å². The van der Waals surface area contributed by atoms with Crippen LogP contribution in [0, 0.1) is 5.92 Å². The molecule has 1 fully saturated rings. The number of hydrogen-bond donors (Lipinski definition) is 2. The van der Waals surface area contributed by atoms with Gasteiger partial charge in [-0.1, -0.05) is 30.3 Å². The Morgan fingerprint density at radius 2 is 1.83 bits per heavy atom. The normalized spacial score (nSPS) is 19.2. The summed E-state index contributed by atoms with van der Waals surface area (Å²) in [5, 5.41) is 6.45. The van der Waals surface area contributed by atoms with Gasteiger partial charge in [0, 0.05) is 37.1 Å². The molecule has 10 heteroatoms. The second kappa shape index (κ2) is 15.1. The van der Waals surface area contributed by atoms with Crippen molar-refractivity contribution < 1.29 is 23.8 Å². The monoisotopic (exact) mass is 635 g/mol. The van der Waals surface area contributed by atoms with Gasteiger partial charge in [-0.05, 0) is 78.9 Å². The Kier molecular flexibility index (Phi) is 10.3. The first-order valence-corrected chi connectivity index (χ1v) is 16.1. The van der Waals surface area contributed by atoms with E-state index in [1.807, 2.05) is 60.7 Å². The highest BCUT2D eigenvalue weighted by Gasteiger charge is 2.33. The summed E-state index contributed by atoms with van der Waals surface area (Å²) in [4.78, 5) is 38.7. The fourth-order valence-electron chi connectivity index (χ4n) is 6.39. The zero-order valence-corrected chi connectivity index (χ0v) is 26.9. The van der Waals surface area contributed by atoms with E-state index in [1.54, 1.807) is 20.5 Å². The van der Waals surface area contributed by atoms with E-state index >= 15 is 0 Å². The van der Waals surface area contributed by atoms with Crippen LogP contribution in [0.2, 0.25) is 0 Å². The van der Waals surface area contributed by atoms with E-state index in [0.29, 0.717) is 36.7 Å². The summed E-state index contributed by atoms with van der Waals surface area (Å²) < 4.78 is 16.9. The Labute approximate surface area is 275 Å². The number of hydrogen-bond acceptors (Lipinski definition) is 9. The van der Waals surface area contributed by atoms with Gasteiger partial charge in [-0.3, -0.25) is 14.5 Å². The van der Waals surface area contributed by atoms with E-state index in [2.05, 4.69) is 37.6 Å². The highest BCUT2D eigenvalue weighted by molar-refractivity contribution is 5.90. The third-order valence-electron chi connectivity index (χ3n) is 8.78. The largest absolute Gasteiger partial charge is 0.497 e. The number of ether oxygens (including phenoxy) is 3. The number of ketones is 1. The Morgan fingerprint density at radius 3 is 2.66 bits per heavy atom. The molecule has 0 saturated carbocycles. The van der Waals surface area contributed by atoms with Crippen LogP contribution >= 0.6 is 0 Å². The lowest BCUT2D eigenvalue weighted by molar-refractivity contribution is -0.131. The van der Waals surface area contributed by atoms with Gasteiger partial charge in [-0.2, -0.15) is 0 Å². The second-order valence-corrected chi connectivity index (χ2v) is 12.1. The number of methoxy groups -OCH3 is 2. The van der Waals surface area contributed by atoms with Gasteiger partial charge in [0.25, 0.3) is 0 Å². The summed E-state index contributed by atoms with van der Waals surface area (Å²) in [6.45, 7) is 2.00. The Bertz CT molecular complexity index is 1700. The number of carbonyl (C=O) groups is 2. The fraction of sp³-hybridized carbons (Fsp3) is 0.351. The van der Waals surface area contributed by atoms with Crippen LogP contribution in [0.5, 0.6) is 17.2 Å². The number of carbonyl (C=O) groups excluding carboxylic acids is 2. The number of anilines is 2. The average molecular weight is 636 g/mol. The summed E-state index contributed by atoms with van der Waals surface area (Å²) in [6, 6.07) is 23.4. The van der Waals surface area contributed by atoms with Crippen molar-refractivity contribution in [2.75, 3.05) is 39.2 Å². The maximum Gasteiger partial charge on any atom is 0.224 e. The van der Waals surface area contributed by atoms with Crippen molar-refractivity contribution >= 4 is 23.2 Å². The molecular weight excluding hydrogens is 594 g/mol. The number of aromatic nitrogens is 2. The minimum atomic E-state index is -0.518. The zero-order chi connectivity index (χ0) is 32.6. The lowest BCUT2D eigenvalue weighted by atomic mass is 9.90. The number of amides is 1. The highest BCUT2D eigenvalue weighted by atomic mass is 16.5. The Hall–Kier alpha value is -4.96. The number of Topliss-reactive ketones (excluding diaryl/α,β-unsaturated/α-hetero) is 1. The van der Waals surface area contributed by atoms with Crippen LogP contribution in [-0.2, 0) is 29.0 Å². The van der Waals surface area contributed by atoms with Crippen molar-refractivity contribution in [3.8, 4) is 17.2 Å². The zero-order valence-electron chi connectivity index (χ0n) is 26.9. The third kappa shape index (κ3) is 8.26. The molecule has 1 amide bonds. The van der Waals surface area contributed by atoms with Crippen molar-refractivity contribution in [1.82, 2.24) is 20.2 Å². The average Bonchev–Trinajstić information content (AvgIpc) is 3.55. The van der Waals surface area contributed by atoms with E-state index in [1.165, 1.54) is 0 Å². The molecule has 2 aliphatic rings. The number of nitrogens with one attached hydrogen (secondary N) is 2. The molecule has 4 aromatic rings. The Balaban J connectivity index is 1.28. The lowest BCUT2D eigenvalue weighted by Gasteiger charge is -2.25. The summed E-state index contributed by atoms with van der Waals surface area (Å²) in [7, 11) is 3.22. The number of nitrogens with zero attached hydrogens (tertiary/aromatic N) is 3. The molecule has 0 aliphatic carbocycles. The van der Waals surface area contributed by atoms with E-state index in [-0.39, 0.29) is 37.3 Å². The summed E-state index contributed by atoms with van der Waals surface area (Å²) in [5.74, 6) is 2.04. The topological polar surface area (TPSA) is 115 Å². The van der Waals surface area contributed by atoms with Gasteiger partial charge in [0.05, 0.1) is 32.5 Å². The number of fused-ring (bicyclic) bond motifs is 7. The summed E-state index contributed by atoms with van der Waals surface area (Å²) >= 11 is 0. The van der Waals surface area contributed by atoms with Crippen LogP contribution in [0.25, 0.3) is 0 Å². The van der Waals surface area contributed by atoms with Gasteiger partial charge < -0.3 is 24.8 Å². The molecule has 0 unspecified atom stereocenters. The van der Waals surface area contributed by atoms with E-state index in [0.717, 1.165) is 53.2 Å². The standard InChI is InChI=1S/C37H41N5O5/c1-45-31-11-8-25(9-12-31)17-28-21-33(43)32-7-4-15-42(32)23-27-5-3-6-29(19-27)41-36-22-30(39-24-40-36)18-26-10-13-34(46-2)35(20-26)47-16-14-38-37(28)44/h3,5-6,8-13,19-20,22,24,28,32H,4,7,14-18,21,23H2,1-2H3,(H,38,44)(H,39,40,41)/t28-,32+/m1/s1. The molecule has 1 saturated heterocycles. The molecule has 6 bridgehead atoms. The second-order valence-electron chi connectivity index (χ2n) is 12.1. The molecule has 6 rings (SSSR count). The third-order valence-corrected chi connectivity index (χ3v) is 8.78. The minimum Gasteiger partial charge on any atom is -0.497 e. The van der Waals surface area contributed by atoms with Crippen molar-refractivity contribution in [3.05, 3.63) is 102 Å². The summed E-state index contributed by atoms with van der Waals surface area (Å²) in [5.41, 5.74) is 4.83. The molecule has 244 valence electrons. The van der Waals surface area contributed by atoms with Crippen molar-refractivity contribution in [2.24, 2.45) is 5.92 Å². The van der Waals surface area contributed by atoms with E-state index < -0.39 is 5.92 Å². The molecule has 10 nitrogen and oxygen atoms in total. The van der Waals surface area contributed by atoms with Crippen molar-refractivity contribution in [3.63, 3.8) is 0 Å². The number of benzene rings is 3. The quantitative estimate of drug-likeness (QED) is 0.315. The molecule has 3 heterocycles. The van der Waals surface area contributed by atoms with Crippen LogP contribution in [0.4, 0.5) is 11.5 Å². The fourth-order valence-corrected chi connectivity index (χ4v) is 6.39. The molecule has 47 heavy (non-hydrogen) atoms. The number of rotatable bonds is 4. The van der Waals surface area contributed by atoms with Crippen LogP contribution in [-0.4, -0.2) is 66.5 Å². The van der Waals surface area contributed by atoms with Gasteiger partial charge in [-0.25, -0.2) is 9.97 Å². The molecule has 2 aliphatic heterocycles. The maximum atomic E-state index is 13.9. The first-order valence-electron chi connectivity index (χ1n) is 16.1. The van der Waals surface area contributed by atoms with Crippen molar-refractivity contribution in [1.29, 1.82) is 0 Å². The van der Waals surface area contributed by atoms with Gasteiger partial charge in [-0.15, -0.1) is 0 Å². The maximum absolute atomic E-state index is 13.9. The molecule has 1 aromatic heterocycles. The SMILES string of the molecule is COc1ccc(C[C@@H]2CC(=O)[C@@H]3CCCN3Cc3cccc(c3)Nc3cc(ncn3)Cc3ccc(OC)c(c3)OCCNC2=O)cc1. The lowest BCUT2D eigenvalue weighted by Crippen LogP contribution is -2.40. The first kappa shape index (κ1) is 32.0.